The maximum Gasteiger partial charge on any atom is 0.185 e. The van der Waals surface area contributed by atoms with Crippen LogP contribution in [0.1, 0.15) is 22.3 Å². The molecule has 0 amide bonds. The zero-order valence-corrected chi connectivity index (χ0v) is 15.7. The van der Waals surface area contributed by atoms with Crippen molar-refractivity contribution in [3.05, 3.63) is 64.9 Å². The largest absolute Gasteiger partial charge is 0.453 e. The zero-order chi connectivity index (χ0) is 19.7. The number of aromatic nitrogens is 3. The van der Waals surface area contributed by atoms with Crippen molar-refractivity contribution in [1.82, 2.24) is 19.7 Å². The van der Waals surface area contributed by atoms with E-state index in [0.717, 1.165) is 25.7 Å². The summed E-state index contributed by atoms with van der Waals surface area (Å²) in [4.78, 5) is 6.11. The van der Waals surface area contributed by atoms with Crippen molar-refractivity contribution in [3.63, 3.8) is 0 Å². The lowest BCUT2D eigenvalue weighted by Crippen LogP contribution is -2.26. The van der Waals surface area contributed by atoms with Gasteiger partial charge < -0.3 is 15.4 Å². The highest BCUT2D eigenvalue weighted by atomic mass is 19.1. The smallest absolute Gasteiger partial charge is 0.185 e. The average Bonchev–Trinajstić information content (AvgIpc) is 3.09. The number of benzene rings is 1. The highest BCUT2D eigenvalue weighted by molar-refractivity contribution is 5.61. The molecule has 0 atom stereocenters. The van der Waals surface area contributed by atoms with Crippen molar-refractivity contribution >= 4 is 5.82 Å². The van der Waals surface area contributed by atoms with Crippen LogP contribution in [0.3, 0.4) is 0 Å². The summed E-state index contributed by atoms with van der Waals surface area (Å²) in [5.41, 5.74) is 9.33. The fourth-order valence-corrected chi connectivity index (χ4v) is 3.18. The van der Waals surface area contributed by atoms with Crippen molar-refractivity contribution in [1.29, 1.82) is 0 Å². The quantitative estimate of drug-likeness (QED) is 0.696. The third-order valence-electron chi connectivity index (χ3n) is 4.65. The average molecular weight is 377 g/mol. The monoisotopic (exact) mass is 377 g/mol. The fourth-order valence-electron chi connectivity index (χ4n) is 3.18. The van der Waals surface area contributed by atoms with E-state index in [2.05, 4.69) is 33.9 Å². The number of fused-ring (bicyclic) bond motifs is 1. The van der Waals surface area contributed by atoms with E-state index in [9.17, 15) is 4.39 Å². The van der Waals surface area contributed by atoms with Crippen LogP contribution in [0, 0.1) is 17.7 Å². The molecule has 0 bridgehead atoms. The molecule has 1 aliphatic heterocycles. The zero-order valence-electron chi connectivity index (χ0n) is 15.7. The van der Waals surface area contributed by atoms with Crippen LogP contribution in [0.2, 0.25) is 0 Å². The highest BCUT2D eigenvalue weighted by Crippen LogP contribution is 2.32. The molecule has 0 unspecified atom stereocenters. The molecule has 0 spiro atoms. The van der Waals surface area contributed by atoms with Gasteiger partial charge >= 0.3 is 0 Å². The van der Waals surface area contributed by atoms with E-state index in [1.165, 1.54) is 11.1 Å². The van der Waals surface area contributed by atoms with E-state index in [0.29, 0.717) is 11.3 Å². The second kappa shape index (κ2) is 7.33. The van der Waals surface area contributed by atoms with E-state index in [-0.39, 0.29) is 17.1 Å². The maximum absolute atomic E-state index is 14.5. The summed E-state index contributed by atoms with van der Waals surface area (Å²) in [7, 11) is 3.87. The first-order valence-corrected chi connectivity index (χ1v) is 8.92. The Morgan fingerprint density at radius 1 is 1.18 bits per heavy atom. The Hall–Kier alpha value is -3.37. The minimum Gasteiger partial charge on any atom is -0.453 e. The van der Waals surface area contributed by atoms with Gasteiger partial charge in [0.2, 0.25) is 0 Å². The SMILES string of the molecule is CN1CCc2ccc(Oc3c(F)cnc(N)c3C#Cc3cnn(C)c3)cc2C1. The van der Waals surface area contributed by atoms with Crippen LogP contribution in [0.5, 0.6) is 11.5 Å². The van der Waals surface area contributed by atoms with Gasteiger partial charge in [0.25, 0.3) is 0 Å². The van der Waals surface area contributed by atoms with Crippen molar-refractivity contribution in [3.8, 4) is 23.3 Å². The number of likely N-dealkylation sites (N-methyl/N-ethyl adjacent to an activating group) is 1. The van der Waals surface area contributed by atoms with Crippen LogP contribution in [0.15, 0.2) is 36.8 Å². The summed E-state index contributed by atoms with van der Waals surface area (Å²) in [5, 5.41) is 4.06. The molecule has 2 N–H and O–H groups in total. The van der Waals surface area contributed by atoms with E-state index >= 15 is 0 Å². The molecule has 0 saturated heterocycles. The molecule has 0 aliphatic carbocycles. The number of hydrogen-bond acceptors (Lipinski definition) is 5. The molecule has 0 fully saturated rings. The Morgan fingerprint density at radius 3 is 2.82 bits per heavy atom. The molecular formula is C21H20FN5O. The number of pyridine rings is 1. The predicted molar refractivity (Wildman–Crippen MR) is 104 cm³/mol. The first kappa shape index (κ1) is 18.0. The Bertz CT molecular complexity index is 1100. The number of anilines is 1. The van der Waals surface area contributed by atoms with Crippen LogP contribution in [0.4, 0.5) is 10.2 Å². The highest BCUT2D eigenvalue weighted by Gasteiger charge is 2.17. The summed E-state index contributed by atoms with van der Waals surface area (Å²) < 4.78 is 22.0. The van der Waals surface area contributed by atoms with Crippen LogP contribution in [-0.4, -0.2) is 33.3 Å². The molecular weight excluding hydrogens is 357 g/mol. The standard InChI is InChI=1S/C21H20FN5O/c1-26-8-7-15-4-5-17(9-16(15)13-26)28-20-18(21(23)24-11-19(20)22)6-3-14-10-25-27(2)12-14/h4-5,9-12H,7-8,13H2,1-2H3,(H2,23,24). The molecule has 0 radical (unpaired) electrons. The Morgan fingerprint density at radius 2 is 2.04 bits per heavy atom. The van der Waals surface area contributed by atoms with Crippen molar-refractivity contribution in [2.45, 2.75) is 13.0 Å². The van der Waals surface area contributed by atoms with Gasteiger partial charge in [0.15, 0.2) is 11.6 Å². The number of aryl methyl sites for hydroxylation is 1. The number of nitrogen functional groups attached to an aromatic ring is 1. The minimum atomic E-state index is -0.612. The van der Waals surface area contributed by atoms with E-state index in [1.807, 2.05) is 18.2 Å². The third-order valence-corrected chi connectivity index (χ3v) is 4.65. The van der Waals surface area contributed by atoms with Gasteiger partial charge in [-0.3, -0.25) is 4.68 Å². The first-order valence-electron chi connectivity index (χ1n) is 8.92. The molecule has 28 heavy (non-hydrogen) atoms. The van der Waals surface area contributed by atoms with Gasteiger partial charge in [-0.05, 0) is 36.7 Å². The van der Waals surface area contributed by atoms with Gasteiger partial charge in [0.05, 0.1) is 18.0 Å². The molecule has 1 aliphatic rings. The summed E-state index contributed by atoms with van der Waals surface area (Å²) in [6, 6.07) is 5.82. The number of nitrogens with two attached hydrogens (primary N) is 1. The molecule has 0 saturated carbocycles. The lowest BCUT2D eigenvalue weighted by atomic mass is 10.00. The number of ether oxygens (including phenoxy) is 1. The fraction of sp³-hybridized carbons (Fsp3) is 0.238. The second-order valence-electron chi connectivity index (χ2n) is 6.87. The Balaban J connectivity index is 1.69. The van der Waals surface area contributed by atoms with Crippen LogP contribution in [0.25, 0.3) is 0 Å². The topological polar surface area (TPSA) is 69.2 Å². The molecule has 3 heterocycles. The number of nitrogens with zero attached hydrogens (tertiary/aromatic N) is 4. The summed E-state index contributed by atoms with van der Waals surface area (Å²) in [6.45, 7) is 1.86. The second-order valence-corrected chi connectivity index (χ2v) is 6.87. The van der Waals surface area contributed by atoms with Crippen molar-refractivity contribution in [2.24, 2.45) is 7.05 Å². The first-order chi connectivity index (χ1) is 13.5. The Kier molecular flexibility index (Phi) is 4.72. The number of hydrogen-bond donors (Lipinski definition) is 1. The minimum absolute atomic E-state index is 0.0204. The van der Waals surface area contributed by atoms with Gasteiger partial charge in [-0.2, -0.15) is 5.10 Å². The summed E-state index contributed by atoms with van der Waals surface area (Å²) >= 11 is 0. The molecule has 2 aromatic heterocycles. The van der Waals surface area contributed by atoms with Gasteiger partial charge in [-0.25, -0.2) is 9.37 Å². The molecule has 142 valence electrons. The van der Waals surface area contributed by atoms with Gasteiger partial charge in [0, 0.05) is 26.3 Å². The summed E-state index contributed by atoms with van der Waals surface area (Å²) in [5.74, 6) is 5.83. The van der Waals surface area contributed by atoms with Gasteiger partial charge in [-0.1, -0.05) is 17.9 Å². The van der Waals surface area contributed by atoms with Crippen LogP contribution >= 0.6 is 0 Å². The van der Waals surface area contributed by atoms with Gasteiger partial charge in [0.1, 0.15) is 17.1 Å². The normalized spacial score (nSPS) is 13.5. The Labute approximate surface area is 162 Å². The molecule has 1 aromatic carbocycles. The van der Waals surface area contributed by atoms with Crippen LogP contribution < -0.4 is 10.5 Å². The number of halogens is 1. The van der Waals surface area contributed by atoms with E-state index < -0.39 is 5.82 Å². The van der Waals surface area contributed by atoms with E-state index in [4.69, 9.17) is 10.5 Å². The molecule has 6 nitrogen and oxygen atoms in total. The van der Waals surface area contributed by atoms with Gasteiger partial charge in [-0.15, -0.1) is 0 Å². The third kappa shape index (κ3) is 3.68. The van der Waals surface area contributed by atoms with Crippen molar-refractivity contribution < 1.29 is 9.13 Å². The predicted octanol–water partition coefficient (Wildman–Crippen LogP) is 2.72. The van der Waals surface area contributed by atoms with Crippen LogP contribution in [-0.2, 0) is 20.0 Å². The number of rotatable bonds is 2. The van der Waals surface area contributed by atoms with E-state index in [1.54, 1.807) is 24.1 Å². The van der Waals surface area contributed by atoms with Crippen molar-refractivity contribution in [2.75, 3.05) is 19.3 Å². The summed E-state index contributed by atoms with van der Waals surface area (Å²) in [6.07, 6.45) is 5.42. The molecule has 4 rings (SSSR count). The lowest BCUT2D eigenvalue weighted by Gasteiger charge is -2.25. The lowest BCUT2D eigenvalue weighted by molar-refractivity contribution is 0.312. The maximum atomic E-state index is 14.5. The molecule has 7 heteroatoms. The molecule has 3 aromatic rings.